The lowest BCUT2D eigenvalue weighted by atomic mass is 10.2. The van der Waals surface area contributed by atoms with Crippen molar-refractivity contribution in [1.82, 2.24) is 9.55 Å². The second-order valence-corrected chi connectivity index (χ2v) is 6.79. The molecule has 0 aliphatic carbocycles. The maximum Gasteiger partial charge on any atom is 0.266 e. The molecule has 0 N–H and O–H groups in total. The number of thioether (sulfide) groups is 1. The quantitative estimate of drug-likeness (QED) is 0.508. The molecule has 0 unspecified atom stereocenters. The third kappa shape index (κ3) is 3.24. The first kappa shape index (κ1) is 17.8. The number of nitrogens with zero attached hydrogens (tertiary/aromatic N) is 3. The first-order valence-corrected chi connectivity index (χ1v) is 8.77. The Labute approximate surface area is 155 Å². The Balaban J connectivity index is 2.29. The van der Waals surface area contributed by atoms with Crippen LogP contribution in [0.4, 0.5) is 0 Å². The number of aromatic nitrogens is 2. The molecule has 0 saturated heterocycles. The van der Waals surface area contributed by atoms with Crippen molar-refractivity contribution in [2.45, 2.75) is 17.3 Å². The average molecular weight is 367 g/mol. The minimum Gasteiger partial charge on any atom is -0.493 e. The van der Waals surface area contributed by atoms with Gasteiger partial charge in [0.15, 0.2) is 16.7 Å². The topological polar surface area (TPSA) is 77.1 Å². The third-order valence-electron chi connectivity index (χ3n) is 3.83. The fourth-order valence-corrected chi connectivity index (χ4v) is 3.38. The fraction of sp³-hybridized carbons (Fsp3) is 0.211. The molecule has 0 aliphatic rings. The van der Waals surface area contributed by atoms with Crippen LogP contribution in [0.15, 0.2) is 52.4 Å². The Kier molecular flexibility index (Phi) is 5.14. The summed E-state index contributed by atoms with van der Waals surface area (Å²) in [5.41, 5.74) is 0.996. The minimum atomic E-state index is -0.352. The SMILES string of the molecule is COc1ccc(-n2c(S[C@@H](C)C#N)nc3ccccc3c2=O)cc1OC. The van der Waals surface area contributed by atoms with Gasteiger partial charge in [0.25, 0.3) is 5.56 Å². The van der Waals surface area contributed by atoms with E-state index in [2.05, 4.69) is 11.1 Å². The number of para-hydroxylation sites is 1. The minimum absolute atomic E-state index is 0.199. The zero-order chi connectivity index (χ0) is 18.7. The summed E-state index contributed by atoms with van der Waals surface area (Å²) in [4.78, 5) is 17.7. The Bertz CT molecular complexity index is 1060. The van der Waals surface area contributed by atoms with E-state index in [-0.39, 0.29) is 10.8 Å². The van der Waals surface area contributed by atoms with Crippen molar-refractivity contribution < 1.29 is 9.47 Å². The molecule has 1 heterocycles. The monoisotopic (exact) mass is 367 g/mol. The predicted octanol–water partition coefficient (Wildman–Crippen LogP) is 3.41. The van der Waals surface area contributed by atoms with Crippen molar-refractivity contribution >= 4 is 22.7 Å². The molecule has 0 saturated carbocycles. The molecule has 0 aliphatic heterocycles. The molecule has 132 valence electrons. The van der Waals surface area contributed by atoms with Crippen LogP contribution < -0.4 is 15.0 Å². The normalized spacial score (nSPS) is 11.8. The highest BCUT2D eigenvalue weighted by molar-refractivity contribution is 8.00. The van der Waals surface area contributed by atoms with Crippen molar-refractivity contribution in [3.8, 4) is 23.3 Å². The molecule has 6 nitrogen and oxygen atoms in total. The highest BCUT2D eigenvalue weighted by Crippen LogP contribution is 2.31. The van der Waals surface area contributed by atoms with E-state index >= 15 is 0 Å². The number of rotatable bonds is 5. The summed E-state index contributed by atoms with van der Waals surface area (Å²) >= 11 is 1.24. The van der Waals surface area contributed by atoms with Crippen molar-refractivity contribution in [3.05, 3.63) is 52.8 Å². The zero-order valence-corrected chi connectivity index (χ0v) is 15.4. The average Bonchev–Trinajstić information content (AvgIpc) is 2.67. The summed E-state index contributed by atoms with van der Waals surface area (Å²) in [5.74, 6) is 1.08. The summed E-state index contributed by atoms with van der Waals surface area (Å²) in [6, 6.07) is 14.5. The smallest absolute Gasteiger partial charge is 0.266 e. The lowest BCUT2D eigenvalue weighted by Crippen LogP contribution is -2.22. The van der Waals surface area contributed by atoms with Crippen LogP contribution in [0, 0.1) is 11.3 Å². The second-order valence-electron chi connectivity index (χ2n) is 5.48. The predicted molar refractivity (Wildman–Crippen MR) is 101 cm³/mol. The summed E-state index contributed by atoms with van der Waals surface area (Å²) in [6.07, 6.45) is 0. The molecule has 0 fully saturated rings. The van der Waals surface area contributed by atoms with Crippen LogP contribution in [0.5, 0.6) is 11.5 Å². The van der Waals surface area contributed by atoms with Gasteiger partial charge in [-0.05, 0) is 31.2 Å². The maximum absolute atomic E-state index is 13.1. The zero-order valence-electron chi connectivity index (χ0n) is 14.6. The molecule has 1 aromatic heterocycles. The van der Waals surface area contributed by atoms with Gasteiger partial charge in [-0.15, -0.1) is 0 Å². The lowest BCUT2D eigenvalue weighted by Gasteiger charge is -2.15. The van der Waals surface area contributed by atoms with Crippen LogP contribution in [-0.2, 0) is 0 Å². The maximum atomic E-state index is 13.1. The van der Waals surface area contributed by atoms with Crippen LogP contribution in [-0.4, -0.2) is 29.0 Å². The number of fused-ring (bicyclic) bond motifs is 1. The van der Waals surface area contributed by atoms with Crippen molar-refractivity contribution in [2.75, 3.05) is 14.2 Å². The van der Waals surface area contributed by atoms with E-state index in [1.807, 2.05) is 6.07 Å². The fourth-order valence-electron chi connectivity index (χ4n) is 2.57. The summed E-state index contributed by atoms with van der Waals surface area (Å²) in [6.45, 7) is 1.77. The van der Waals surface area contributed by atoms with Crippen molar-refractivity contribution in [2.24, 2.45) is 0 Å². The second kappa shape index (κ2) is 7.50. The van der Waals surface area contributed by atoms with Gasteiger partial charge in [0.05, 0.1) is 42.1 Å². The van der Waals surface area contributed by atoms with Gasteiger partial charge in [-0.2, -0.15) is 5.26 Å². The molecule has 0 spiro atoms. The van der Waals surface area contributed by atoms with E-state index in [0.717, 1.165) is 0 Å². The molecular weight excluding hydrogens is 350 g/mol. The van der Waals surface area contributed by atoms with Crippen LogP contribution in [0.25, 0.3) is 16.6 Å². The van der Waals surface area contributed by atoms with E-state index in [1.54, 1.807) is 50.4 Å². The van der Waals surface area contributed by atoms with Crippen LogP contribution in [0.3, 0.4) is 0 Å². The number of hydrogen-bond acceptors (Lipinski definition) is 6. The Morgan fingerprint density at radius 3 is 2.58 bits per heavy atom. The van der Waals surface area contributed by atoms with E-state index in [4.69, 9.17) is 14.7 Å². The van der Waals surface area contributed by atoms with Gasteiger partial charge in [0.2, 0.25) is 0 Å². The molecule has 3 aromatic rings. The summed E-state index contributed by atoms with van der Waals surface area (Å²) in [7, 11) is 3.09. The van der Waals surface area contributed by atoms with Gasteiger partial charge in [0.1, 0.15) is 0 Å². The molecule has 3 rings (SSSR count). The molecular formula is C19H17N3O3S. The summed E-state index contributed by atoms with van der Waals surface area (Å²) < 4.78 is 12.1. The van der Waals surface area contributed by atoms with Gasteiger partial charge < -0.3 is 9.47 Å². The molecule has 1 atom stereocenters. The van der Waals surface area contributed by atoms with Crippen molar-refractivity contribution in [3.63, 3.8) is 0 Å². The first-order chi connectivity index (χ1) is 12.6. The highest BCUT2D eigenvalue weighted by atomic mass is 32.2. The van der Waals surface area contributed by atoms with Gasteiger partial charge in [-0.3, -0.25) is 9.36 Å². The number of nitriles is 1. The van der Waals surface area contributed by atoms with E-state index < -0.39 is 0 Å². The van der Waals surface area contributed by atoms with Gasteiger partial charge in [-0.25, -0.2) is 4.98 Å². The molecule has 26 heavy (non-hydrogen) atoms. The summed E-state index contributed by atoms with van der Waals surface area (Å²) in [5, 5.41) is 9.78. The van der Waals surface area contributed by atoms with Crippen LogP contribution >= 0.6 is 11.8 Å². The third-order valence-corrected chi connectivity index (χ3v) is 4.78. The van der Waals surface area contributed by atoms with Crippen LogP contribution in [0.2, 0.25) is 0 Å². The standard InChI is InChI=1S/C19H17N3O3S/c1-12(11-20)26-19-21-15-7-5-4-6-14(15)18(23)22(19)13-8-9-16(24-2)17(10-13)25-3/h4-10,12H,1-3H3/t12-/m0/s1. The Hall–Kier alpha value is -2.98. The van der Waals surface area contributed by atoms with Gasteiger partial charge >= 0.3 is 0 Å². The number of methoxy groups -OCH3 is 2. The molecule has 0 radical (unpaired) electrons. The first-order valence-electron chi connectivity index (χ1n) is 7.89. The molecule has 0 bridgehead atoms. The van der Waals surface area contributed by atoms with E-state index in [0.29, 0.717) is 33.2 Å². The Morgan fingerprint density at radius 2 is 1.88 bits per heavy atom. The largest absolute Gasteiger partial charge is 0.493 e. The number of ether oxygens (including phenoxy) is 2. The lowest BCUT2D eigenvalue weighted by molar-refractivity contribution is 0.354. The molecule has 0 amide bonds. The van der Waals surface area contributed by atoms with E-state index in [1.165, 1.54) is 23.4 Å². The van der Waals surface area contributed by atoms with Crippen molar-refractivity contribution in [1.29, 1.82) is 5.26 Å². The Morgan fingerprint density at radius 1 is 1.15 bits per heavy atom. The van der Waals surface area contributed by atoms with E-state index in [9.17, 15) is 4.79 Å². The van der Waals surface area contributed by atoms with Gasteiger partial charge in [0, 0.05) is 6.07 Å². The number of hydrogen-bond donors (Lipinski definition) is 0. The molecule has 7 heteroatoms. The molecule has 2 aromatic carbocycles. The number of benzene rings is 2. The van der Waals surface area contributed by atoms with Crippen LogP contribution in [0.1, 0.15) is 6.92 Å². The van der Waals surface area contributed by atoms with Gasteiger partial charge in [-0.1, -0.05) is 23.9 Å². The highest BCUT2D eigenvalue weighted by Gasteiger charge is 2.17.